The van der Waals surface area contributed by atoms with Crippen LogP contribution in [0.25, 0.3) is 0 Å². The van der Waals surface area contributed by atoms with Gasteiger partial charge in [0.25, 0.3) is 5.91 Å². The van der Waals surface area contributed by atoms with Crippen molar-refractivity contribution in [1.82, 2.24) is 0 Å². The number of rotatable bonds is 2. The second-order valence-electron chi connectivity index (χ2n) is 5.49. The number of fused-ring (bicyclic) bond motifs is 1. The molecule has 0 aliphatic carbocycles. The molecule has 22 heavy (non-hydrogen) atoms. The zero-order valence-corrected chi connectivity index (χ0v) is 13.1. The van der Waals surface area contributed by atoms with E-state index in [2.05, 4.69) is 0 Å². The standard InChI is InChI=1S/C17H17NO3S/c1-22(20,21)15-10-8-14(9-11-15)17(19)18-12-4-6-13-5-2-3-7-16(13)18/h2-3,5,7-11H,4,6,12H2,1H3. The molecule has 1 amide bonds. The summed E-state index contributed by atoms with van der Waals surface area (Å²) >= 11 is 0. The molecule has 0 spiro atoms. The largest absolute Gasteiger partial charge is 0.308 e. The van der Waals surface area contributed by atoms with Crippen LogP contribution in [-0.4, -0.2) is 27.1 Å². The average molecular weight is 315 g/mol. The maximum atomic E-state index is 12.7. The zero-order valence-electron chi connectivity index (χ0n) is 12.3. The van der Waals surface area contributed by atoms with Crippen LogP contribution in [0.5, 0.6) is 0 Å². The molecule has 1 aliphatic heterocycles. The first-order valence-electron chi connectivity index (χ1n) is 7.17. The fourth-order valence-corrected chi connectivity index (χ4v) is 3.38. The number of carbonyl (C=O) groups excluding carboxylic acids is 1. The number of anilines is 1. The number of carbonyl (C=O) groups is 1. The van der Waals surface area contributed by atoms with Crippen molar-refractivity contribution in [2.45, 2.75) is 17.7 Å². The van der Waals surface area contributed by atoms with E-state index in [1.165, 1.54) is 17.7 Å². The van der Waals surface area contributed by atoms with Gasteiger partial charge in [-0.2, -0.15) is 0 Å². The summed E-state index contributed by atoms with van der Waals surface area (Å²) < 4.78 is 23.0. The van der Waals surface area contributed by atoms with E-state index >= 15 is 0 Å². The quantitative estimate of drug-likeness (QED) is 0.856. The van der Waals surface area contributed by atoms with Crippen molar-refractivity contribution < 1.29 is 13.2 Å². The van der Waals surface area contributed by atoms with Crippen LogP contribution < -0.4 is 4.90 Å². The summed E-state index contributed by atoms with van der Waals surface area (Å²) in [6.45, 7) is 0.684. The van der Waals surface area contributed by atoms with Gasteiger partial charge in [0.05, 0.1) is 4.90 Å². The number of hydrogen-bond donors (Lipinski definition) is 0. The van der Waals surface area contributed by atoms with E-state index < -0.39 is 9.84 Å². The van der Waals surface area contributed by atoms with Gasteiger partial charge in [0.1, 0.15) is 0 Å². The molecule has 0 saturated heterocycles. The molecule has 2 aromatic carbocycles. The van der Waals surface area contributed by atoms with Gasteiger partial charge in [-0.1, -0.05) is 18.2 Å². The molecule has 3 rings (SSSR count). The molecule has 0 bridgehead atoms. The second-order valence-corrected chi connectivity index (χ2v) is 7.50. The Morgan fingerprint density at radius 2 is 1.73 bits per heavy atom. The maximum absolute atomic E-state index is 12.7. The molecule has 0 aromatic heterocycles. The van der Waals surface area contributed by atoms with Gasteiger partial charge in [-0.15, -0.1) is 0 Å². The van der Waals surface area contributed by atoms with Gasteiger partial charge >= 0.3 is 0 Å². The zero-order chi connectivity index (χ0) is 15.7. The molecule has 0 atom stereocenters. The topological polar surface area (TPSA) is 54.5 Å². The van der Waals surface area contributed by atoms with Crippen LogP contribution in [0.1, 0.15) is 22.3 Å². The van der Waals surface area contributed by atoms with Crippen molar-refractivity contribution in [3.8, 4) is 0 Å². The average Bonchev–Trinajstić information content (AvgIpc) is 2.53. The van der Waals surface area contributed by atoms with Crippen LogP contribution in [0.15, 0.2) is 53.4 Å². The fraction of sp³-hybridized carbons (Fsp3) is 0.235. The van der Waals surface area contributed by atoms with Crippen LogP contribution in [0.2, 0.25) is 0 Å². The van der Waals surface area contributed by atoms with Crippen LogP contribution in [-0.2, 0) is 16.3 Å². The molecule has 5 heteroatoms. The van der Waals surface area contributed by atoms with E-state index in [4.69, 9.17) is 0 Å². The normalized spacial score (nSPS) is 14.5. The lowest BCUT2D eigenvalue weighted by molar-refractivity contribution is 0.0985. The van der Waals surface area contributed by atoms with E-state index in [0.29, 0.717) is 12.1 Å². The van der Waals surface area contributed by atoms with E-state index in [1.807, 2.05) is 24.3 Å². The molecule has 1 heterocycles. The predicted octanol–water partition coefficient (Wildman–Crippen LogP) is 2.68. The van der Waals surface area contributed by atoms with Gasteiger partial charge in [-0.3, -0.25) is 4.79 Å². The van der Waals surface area contributed by atoms with Gasteiger partial charge in [0.15, 0.2) is 9.84 Å². The summed E-state index contributed by atoms with van der Waals surface area (Å²) in [6.07, 6.45) is 3.07. The first kappa shape index (κ1) is 14.8. The Morgan fingerprint density at radius 3 is 2.41 bits per heavy atom. The van der Waals surface area contributed by atoms with Crippen LogP contribution in [0, 0.1) is 0 Å². The van der Waals surface area contributed by atoms with E-state index in [0.717, 1.165) is 24.8 Å². The molecule has 0 saturated carbocycles. The first-order chi connectivity index (χ1) is 10.5. The molecule has 2 aromatic rings. The van der Waals surface area contributed by atoms with Crippen molar-refractivity contribution in [2.75, 3.05) is 17.7 Å². The smallest absolute Gasteiger partial charge is 0.258 e. The summed E-state index contributed by atoms with van der Waals surface area (Å²) in [7, 11) is -3.24. The molecule has 0 N–H and O–H groups in total. The number of sulfone groups is 1. The highest BCUT2D eigenvalue weighted by Crippen LogP contribution is 2.28. The van der Waals surface area contributed by atoms with Crippen molar-refractivity contribution in [2.24, 2.45) is 0 Å². The fourth-order valence-electron chi connectivity index (χ4n) is 2.75. The van der Waals surface area contributed by atoms with Gasteiger partial charge in [-0.05, 0) is 48.7 Å². The number of para-hydroxylation sites is 1. The molecule has 0 unspecified atom stereocenters. The number of amides is 1. The Morgan fingerprint density at radius 1 is 1.05 bits per heavy atom. The highest BCUT2D eigenvalue weighted by atomic mass is 32.2. The SMILES string of the molecule is CS(=O)(=O)c1ccc(C(=O)N2CCCc3ccccc32)cc1. The van der Waals surface area contributed by atoms with Crippen LogP contribution in [0.4, 0.5) is 5.69 Å². The maximum Gasteiger partial charge on any atom is 0.258 e. The molecular formula is C17H17NO3S. The molecule has 0 radical (unpaired) electrons. The van der Waals surface area contributed by atoms with Gasteiger partial charge in [-0.25, -0.2) is 8.42 Å². The number of hydrogen-bond acceptors (Lipinski definition) is 3. The number of benzene rings is 2. The van der Waals surface area contributed by atoms with Gasteiger partial charge < -0.3 is 4.90 Å². The van der Waals surface area contributed by atoms with E-state index in [9.17, 15) is 13.2 Å². The minimum absolute atomic E-state index is 0.0906. The molecule has 114 valence electrons. The highest BCUT2D eigenvalue weighted by Gasteiger charge is 2.23. The highest BCUT2D eigenvalue weighted by molar-refractivity contribution is 7.90. The van der Waals surface area contributed by atoms with Crippen molar-refractivity contribution >= 4 is 21.4 Å². The Balaban J connectivity index is 1.92. The predicted molar refractivity (Wildman–Crippen MR) is 86.0 cm³/mol. The van der Waals surface area contributed by atoms with Crippen molar-refractivity contribution in [3.63, 3.8) is 0 Å². The van der Waals surface area contributed by atoms with E-state index in [1.54, 1.807) is 17.0 Å². The Bertz CT molecular complexity index is 810. The van der Waals surface area contributed by atoms with Crippen molar-refractivity contribution in [1.29, 1.82) is 0 Å². The summed E-state index contributed by atoms with van der Waals surface area (Å²) in [6, 6.07) is 14.0. The summed E-state index contributed by atoms with van der Waals surface area (Å²) in [4.78, 5) is 14.7. The minimum atomic E-state index is -3.24. The lowest BCUT2D eigenvalue weighted by Crippen LogP contribution is -2.35. The lowest BCUT2D eigenvalue weighted by atomic mass is 10.0. The molecular weight excluding hydrogens is 298 g/mol. The number of aryl methyl sites for hydroxylation is 1. The second kappa shape index (κ2) is 5.57. The third kappa shape index (κ3) is 2.76. The molecule has 1 aliphatic rings. The lowest BCUT2D eigenvalue weighted by Gasteiger charge is -2.29. The third-order valence-corrected chi connectivity index (χ3v) is 5.01. The summed E-state index contributed by atoms with van der Waals surface area (Å²) in [5.41, 5.74) is 2.63. The summed E-state index contributed by atoms with van der Waals surface area (Å²) in [5.74, 6) is -0.0906. The monoisotopic (exact) mass is 315 g/mol. The van der Waals surface area contributed by atoms with Crippen molar-refractivity contribution in [3.05, 3.63) is 59.7 Å². The number of nitrogens with zero attached hydrogens (tertiary/aromatic N) is 1. The Labute approximate surface area is 130 Å². The van der Waals surface area contributed by atoms with E-state index in [-0.39, 0.29) is 10.8 Å². The minimum Gasteiger partial charge on any atom is -0.308 e. The Kier molecular flexibility index (Phi) is 3.74. The molecule has 4 nitrogen and oxygen atoms in total. The van der Waals surface area contributed by atoms with Crippen LogP contribution >= 0.6 is 0 Å². The van der Waals surface area contributed by atoms with Gasteiger partial charge in [0, 0.05) is 24.1 Å². The third-order valence-electron chi connectivity index (χ3n) is 3.88. The summed E-state index contributed by atoms with van der Waals surface area (Å²) in [5, 5.41) is 0. The Hall–Kier alpha value is -2.14. The molecule has 0 fully saturated rings. The van der Waals surface area contributed by atoms with Gasteiger partial charge in [0.2, 0.25) is 0 Å². The van der Waals surface area contributed by atoms with Crippen LogP contribution in [0.3, 0.4) is 0 Å². The first-order valence-corrected chi connectivity index (χ1v) is 9.06.